The largest absolute Gasteiger partial charge is 0.490 e. The van der Waals surface area contributed by atoms with Crippen molar-refractivity contribution in [1.29, 1.82) is 0 Å². The summed E-state index contributed by atoms with van der Waals surface area (Å²) in [6.45, 7) is 8.09. The molecule has 1 unspecified atom stereocenters. The van der Waals surface area contributed by atoms with Gasteiger partial charge in [-0.2, -0.15) is 0 Å². The normalized spacial score (nSPS) is 15.9. The summed E-state index contributed by atoms with van der Waals surface area (Å²) in [4.78, 5) is 27.3. The van der Waals surface area contributed by atoms with Gasteiger partial charge >= 0.3 is 0 Å². The average Bonchev–Trinajstić information content (AvgIpc) is 3.06. The van der Waals surface area contributed by atoms with Crippen LogP contribution in [0.15, 0.2) is 24.4 Å². The Labute approximate surface area is 159 Å². The van der Waals surface area contributed by atoms with Crippen LogP contribution in [0.3, 0.4) is 0 Å². The summed E-state index contributed by atoms with van der Waals surface area (Å²) in [5.74, 6) is 0.328. The molecule has 1 aliphatic rings. The molecule has 1 aromatic carbocycles. The van der Waals surface area contributed by atoms with Crippen LogP contribution in [0.25, 0.3) is 10.8 Å². The van der Waals surface area contributed by atoms with Crippen molar-refractivity contribution < 1.29 is 19.1 Å². The zero-order valence-electron chi connectivity index (χ0n) is 16.2. The van der Waals surface area contributed by atoms with Crippen LogP contribution in [-0.2, 0) is 4.79 Å². The van der Waals surface area contributed by atoms with Gasteiger partial charge in [0, 0.05) is 18.0 Å². The molecule has 3 rings (SSSR count). The van der Waals surface area contributed by atoms with Gasteiger partial charge in [-0.3, -0.25) is 9.59 Å². The Morgan fingerprint density at radius 2 is 2.11 bits per heavy atom. The van der Waals surface area contributed by atoms with Crippen LogP contribution in [0.2, 0.25) is 0 Å². The highest BCUT2D eigenvalue weighted by atomic mass is 16.5. The maximum absolute atomic E-state index is 11.7. The van der Waals surface area contributed by atoms with Gasteiger partial charge in [-0.15, -0.1) is 0 Å². The van der Waals surface area contributed by atoms with Gasteiger partial charge < -0.3 is 20.5 Å². The van der Waals surface area contributed by atoms with Gasteiger partial charge in [-0.05, 0) is 43.9 Å². The van der Waals surface area contributed by atoms with Crippen molar-refractivity contribution in [3.8, 4) is 11.6 Å². The summed E-state index contributed by atoms with van der Waals surface area (Å²) in [6.07, 6.45) is 2.77. The molecule has 1 fully saturated rings. The Morgan fingerprint density at radius 1 is 1.37 bits per heavy atom. The number of aromatic nitrogens is 1. The zero-order chi connectivity index (χ0) is 20.0. The van der Waals surface area contributed by atoms with E-state index in [-0.39, 0.29) is 18.1 Å². The third-order valence-electron chi connectivity index (χ3n) is 3.96. The van der Waals surface area contributed by atoms with Gasteiger partial charge in [0.1, 0.15) is 12.4 Å². The van der Waals surface area contributed by atoms with Crippen LogP contribution in [0.1, 0.15) is 50.9 Å². The van der Waals surface area contributed by atoms with E-state index in [1.54, 1.807) is 24.4 Å². The summed E-state index contributed by atoms with van der Waals surface area (Å²) in [5.41, 5.74) is 5.79. The molecule has 27 heavy (non-hydrogen) atoms. The third-order valence-corrected chi connectivity index (χ3v) is 3.96. The fourth-order valence-electron chi connectivity index (χ4n) is 2.82. The lowest BCUT2D eigenvalue weighted by atomic mass is 10.1. The highest BCUT2D eigenvalue weighted by molar-refractivity contribution is 6.01. The maximum atomic E-state index is 11.7. The van der Waals surface area contributed by atoms with E-state index in [4.69, 9.17) is 15.2 Å². The average molecular weight is 373 g/mol. The summed E-state index contributed by atoms with van der Waals surface area (Å²) < 4.78 is 11.5. The van der Waals surface area contributed by atoms with Crippen molar-refractivity contribution in [3.05, 3.63) is 30.0 Å². The lowest BCUT2D eigenvalue weighted by Gasteiger charge is -2.16. The second kappa shape index (κ2) is 9.21. The third kappa shape index (κ3) is 5.09. The first-order chi connectivity index (χ1) is 12.9. The number of carbonyl (C=O) groups excluding carboxylic acids is 2. The number of hydrogen-bond acceptors (Lipinski definition) is 5. The van der Waals surface area contributed by atoms with E-state index in [0.29, 0.717) is 30.2 Å². The topological polar surface area (TPSA) is 104 Å². The molecular weight excluding hydrogens is 346 g/mol. The highest BCUT2D eigenvalue weighted by Gasteiger charge is 2.22. The van der Waals surface area contributed by atoms with Gasteiger partial charge in [0.2, 0.25) is 11.8 Å². The van der Waals surface area contributed by atoms with Crippen molar-refractivity contribution in [1.82, 2.24) is 10.3 Å². The molecule has 3 N–H and O–H groups in total. The van der Waals surface area contributed by atoms with Crippen LogP contribution in [0, 0.1) is 0 Å². The second-order valence-corrected chi connectivity index (χ2v) is 6.33. The van der Waals surface area contributed by atoms with Crippen molar-refractivity contribution in [2.75, 3.05) is 6.61 Å². The Kier molecular flexibility index (Phi) is 6.98. The molecule has 2 aromatic rings. The number of fused-ring (bicyclic) bond motifs is 1. The molecule has 7 nitrogen and oxygen atoms in total. The smallest absolute Gasteiger partial charge is 0.252 e. The first kappa shape index (κ1) is 20.5. The van der Waals surface area contributed by atoms with Gasteiger partial charge in [0.05, 0.1) is 17.7 Å². The monoisotopic (exact) mass is 373 g/mol. The first-order valence-electron chi connectivity index (χ1n) is 9.25. The number of nitrogens with two attached hydrogens (primary N) is 1. The zero-order valence-corrected chi connectivity index (χ0v) is 16.2. The van der Waals surface area contributed by atoms with Crippen LogP contribution >= 0.6 is 0 Å². The number of primary amides is 1. The molecule has 1 aliphatic heterocycles. The number of carbonyl (C=O) groups is 2. The van der Waals surface area contributed by atoms with Gasteiger partial charge in [0.15, 0.2) is 0 Å². The Morgan fingerprint density at radius 3 is 2.70 bits per heavy atom. The molecule has 1 aromatic heterocycles. The second-order valence-electron chi connectivity index (χ2n) is 6.33. The Hall–Kier alpha value is -2.83. The van der Waals surface area contributed by atoms with Gasteiger partial charge in [0.25, 0.3) is 5.91 Å². The van der Waals surface area contributed by atoms with Crippen LogP contribution in [0.5, 0.6) is 11.6 Å². The van der Waals surface area contributed by atoms with E-state index in [1.165, 1.54) is 0 Å². The predicted molar refractivity (Wildman–Crippen MR) is 104 cm³/mol. The summed E-state index contributed by atoms with van der Waals surface area (Å²) in [6, 6.07) is 5.18. The van der Waals surface area contributed by atoms with E-state index >= 15 is 0 Å². The van der Waals surface area contributed by atoms with Crippen LogP contribution in [0.4, 0.5) is 0 Å². The van der Waals surface area contributed by atoms with Crippen molar-refractivity contribution in [2.45, 2.75) is 52.7 Å². The number of nitrogens with one attached hydrogen (secondary N) is 1. The molecule has 2 amide bonds. The summed E-state index contributed by atoms with van der Waals surface area (Å²) in [7, 11) is 0. The molecule has 0 bridgehead atoms. The molecule has 0 radical (unpaired) electrons. The minimum Gasteiger partial charge on any atom is -0.490 e. The molecule has 1 atom stereocenters. The minimum absolute atomic E-state index is 0.0131. The lowest BCUT2D eigenvalue weighted by Crippen LogP contribution is -2.31. The Balaban J connectivity index is 0.00000126. The maximum Gasteiger partial charge on any atom is 0.252 e. The van der Waals surface area contributed by atoms with E-state index in [1.807, 2.05) is 27.7 Å². The molecule has 0 aliphatic carbocycles. The number of benzene rings is 1. The first-order valence-corrected chi connectivity index (χ1v) is 9.25. The number of ether oxygens (including phenoxy) is 2. The standard InChI is InChI=1S/C18H21N3O4.C2H6/c1-10(2)25-15-8-13-11(7-14(15)17(19)23)5-6-20-18(13)24-9-12-3-4-16(22)21-12;1-2/h5-8,10,12H,3-4,9H2,1-2H3,(H2,19,23)(H,21,22);1-2H3. The fraction of sp³-hybridized carbons (Fsp3) is 0.450. The molecule has 7 heteroatoms. The number of pyridine rings is 1. The SMILES string of the molecule is CC.CC(C)Oc1cc2c(OCC3CCC(=O)N3)nccc2cc1C(N)=O. The number of nitrogens with zero attached hydrogens (tertiary/aromatic N) is 1. The fourth-order valence-corrected chi connectivity index (χ4v) is 2.82. The van der Waals surface area contributed by atoms with Crippen molar-refractivity contribution in [3.63, 3.8) is 0 Å². The predicted octanol–water partition coefficient (Wildman–Crippen LogP) is 2.80. The number of amides is 2. The minimum atomic E-state index is -0.550. The van der Waals surface area contributed by atoms with Crippen molar-refractivity contribution >= 4 is 22.6 Å². The van der Waals surface area contributed by atoms with Crippen molar-refractivity contribution in [2.24, 2.45) is 5.73 Å². The van der Waals surface area contributed by atoms with Crippen LogP contribution in [-0.4, -0.2) is 35.6 Å². The molecule has 0 saturated carbocycles. The molecule has 146 valence electrons. The number of rotatable bonds is 6. The van der Waals surface area contributed by atoms with Gasteiger partial charge in [-0.25, -0.2) is 4.98 Å². The molecule has 1 saturated heterocycles. The van der Waals surface area contributed by atoms with Gasteiger partial charge in [-0.1, -0.05) is 13.8 Å². The highest BCUT2D eigenvalue weighted by Crippen LogP contribution is 2.31. The lowest BCUT2D eigenvalue weighted by molar-refractivity contribution is -0.119. The molecule has 2 heterocycles. The Bertz CT molecular complexity index is 820. The quantitative estimate of drug-likeness (QED) is 0.810. The van der Waals surface area contributed by atoms with Crippen LogP contribution < -0.4 is 20.5 Å². The van der Waals surface area contributed by atoms with E-state index in [9.17, 15) is 9.59 Å². The summed E-state index contributed by atoms with van der Waals surface area (Å²) >= 11 is 0. The molecule has 0 spiro atoms. The number of hydrogen-bond donors (Lipinski definition) is 2. The van der Waals surface area contributed by atoms with E-state index < -0.39 is 5.91 Å². The van der Waals surface area contributed by atoms with E-state index in [0.717, 1.165) is 17.2 Å². The summed E-state index contributed by atoms with van der Waals surface area (Å²) in [5, 5.41) is 4.37. The van der Waals surface area contributed by atoms with E-state index in [2.05, 4.69) is 10.3 Å². The molecular formula is C20H27N3O4.